The second kappa shape index (κ2) is 4.72. The summed E-state index contributed by atoms with van der Waals surface area (Å²) in [7, 11) is 0. The second-order valence-electron chi connectivity index (χ2n) is 3.87. The Morgan fingerprint density at radius 1 is 1.44 bits per heavy atom. The SMILES string of the molecule is CC(=O)c1ccc(C#N)cc1Oc1cc(C)[nH]n1. The molecule has 90 valence electrons. The maximum absolute atomic E-state index is 11.5. The number of aromatic nitrogens is 2. The fourth-order valence-electron chi connectivity index (χ4n) is 1.53. The van der Waals surface area contributed by atoms with Crippen molar-refractivity contribution in [1.29, 1.82) is 5.26 Å². The van der Waals surface area contributed by atoms with E-state index in [0.29, 0.717) is 22.8 Å². The van der Waals surface area contributed by atoms with E-state index in [9.17, 15) is 4.79 Å². The van der Waals surface area contributed by atoms with Crippen molar-refractivity contribution in [3.05, 3.63) is 41.1 Å². The quantitative estimate of drug-likeness (QED) is 0.837. The van der Waals surface area contributed by atoms with Gasteiger partial charge in [-0.25, -0.2) is 0 Å². The number of nitrogens with one attached hydrogen (secondary N) is 1. The summed E-state index contributed by atoms with van der Waals surface area (Å²) in [5.74, 6) is 0.583. The molecular weight excluding hydrogens is 230 g/mol. The Bertz CT molecular complexity index is 638. The molecule has 0 spiro atoms. The summed E-state index contributed by atoms with van der Waals surface area (Å²) in [6.07, 6.45) is 0. The van der Waals surface area contributed by atoms with Crippen molar-refractivity contribution in [3.8, 4) is 17.7 Å². The Hall–Kier alpha value is -2.61. The van der Waals surface area contributed by atoms with Gasteiger partial charge in [-0.15, -0.1) is 5.10 Å². The zero-order valence-electron chi connectivity index (χ0n) is 10.0. The number of rotatable bonds is 3. The first-order chi connectivity index (χ1) is 8.60. The van der Waals surface area contributed by atoms with E-state index < -0.39 is 0 Å². The monoisotopic (exact) mass is 241 g/mol. The van der Waals surface area contributed by atoms with E-state index in [2.05, 4.69) is 10.2 Å². The third-order valence-electron chi connectivity index (χ3n) is 2.39. The zero-order chi connectivity index (χ0) is 13.1. The molecule has 5 nitrogen and oxygen atoms in total. The molecule has 2 aromatic rings. The molecule has 1 N–H and O–H groups in total. The average molecular weight is 241 g/mol. The number of carbonyl (C=O) groups is 1. The smallest absolute Gasteiger partial charge is 0.238 e. The number of ketones is 1. The number of aromatic amines is 1. The number of hydrogen-bond donors (Lipinski definition) is 1. The van der Waals surface area contributed by atoms with Crippen molar-refractivity contribution in [2.24, 2.45) is 0 Å². The Labute approximate surface area is 104 Å². The van der Waals surface area contributed by atoms with Crippen molar-refractivity contribution in [3.63, 3.8) is 0 Å². The third-order valence-corrected chi connectivity index (χ3v) is 2.39. The summed E-state index contributed by atoms with van der Waals surface area (Å²) in [5, 5.41) is 15.5. The van der Waals surface area contributed by atoms with Crippen molar-refractivity contribution >= 4 is 5.78 Å². The Kier molecular flexibility index (Phi) is 3.11. The molecular formula is C13H11N3O2. The summed E-state index contributed by atoms with van der Waals surface area (Å²) in [6, 6.07) is 8.41. The Balaban J connectivity index is 2.41. The van der Waals surface area contributed by atoms with Gasteiger partial charge in [0.15, 0.2) is 5.78 Å². The molecule has 0 saturated carbocycles. The molecule has 0 unspecified atom stereocenters. The van der Waals surface area contributed by atoms with Crippen LogP contribution in [0.15, 0.2) is 24.3 Å². The topological polar surface area (TPSA) is 78.8 Å². The molecule has 5 heteroatoms. The largest absolute Gasteiger partial charge is 0.437 e. The van der Waals surface area contributed by atoms with Gasteiger partial charge in [0, 0.05) is 11.8 Å². The number of benzene rings is 1. The van der Waals surface area contributed by atoms with Crippen LogP contribution < -0.4 is 4.74 Å². The summed E-state index contributed by atoms with van der Waals surface area (Å²) < 4.78 is 5.52. The summed E-state index contributed by atoms with van der Waals surface area (Å²) >= 11 is 0. The first kappa shape index (κ1) is 11.9. The van der Waals surface area contributed by atoms with Gasteiger partial charge in [-0.05, 0) is 32.0 Å². The van der Waals surface area contributed by atoms with Crippen LogP contribution in [0.5, 0.6) is 11.6 Å². The van der Waals surface area contributed by atoms with E-state index in [1.54, 1.807) is 18.2 Å². The van der Waals surface area contributed by atoms with Crippen LogP contribution in [0.1, 0.15) is 28.5 Å². The van der Waals surface area contributed by atoms with Crippen LogP contribution in [-0.4, -0.2) is 16.0 Å². The van der Waals surface area contributed by atoms with E-state index in [0.717, 1.165) is 5.69 Å². The highest BCUT2D eigenvalue weighted by Gasteiger charge is 2.11. The molecule has 0 fully saturated rings. The maximum Gasteiger partial charge on any atom is 0.238 e. The minimum absolute atomic E-state index is 0.123. The lowest BCUT2D eigenvalue weighted by Crippen LogP contribution is -1.98. The Morgan fingerprint density at radius 2 is 2.22 bits per heavy atom. The van der Waals surface area contributed by atoms with Crippen LogP contribution in [0.2, 0.25) is 0 Å². The number of Topliss-reactive ketones (excluding diaryl/α,β-unsaturated/α-hetero) is 1. The second-order valence-corrected chi connectivity index (χ2v) is 3.87. The van der Waals surface area contributed by atoms with E-state index in [1.807, 2.05) is 13.0 Å². The van der Waals surface area contributed by atoms with Crippen molar-refractivity contribution in [1.82, 2.24) is 10.2 Å². The molecule has 0 amide bonds. The van der Waals surface area contributed by atoms with Crippen LogP contribution in [-0.2, 0) is 0 Å². The fraction of sp³-hybridized carbons (Fsp3) is 0.154. The number of ether oxygens (including phenoxy) is 1. The molecule has 0 aliphatic heterocycles. The number of carbonyl (C=O) groups excluding carboxylic acids is 1. The van der Waals surface area contributed by atoms with Gasteiger partial charge in [-0.1, -0.05) is 0 Å². The molecule has 0 atom stereocenters. The van der Waals surface area contributed by atoms with Crippen molar-refractivity contribution < 1.29 is 9.53 Å². The number of hydrogen-bond acceptors (Lipinski definition) is 4. The lowest BCUT2D eigenvalue weighted by Gasteiger charge is -2.06. The van der Waals surface area contributed by atoms with E-state index >= 15 is 0 Å². The molecule has 0 aliphatic rings. The van der Waals surface area contributed by atoms with Crippen LogP contribution in [0, 0.1) is 18.3 Å². The normalized spacial score (nSPS) is 9.83. The standard InChI is InChI=1S/C13H11N3O2/c1-8-5-13(16-15-8)18-12-6-10(7-14)3-4-11(12)9(2)17/h3-6H,1-2H3,(H,15,16). The van der Waals surface area contributed by atoms with Crippen LogP contribution in [0.25, 0.3) is 0 Å². The molecule has 18 heavy (non-hydrogen) atoms. The van der Waals surface area contributed by atoms with Crippen LogP contribution in [0.3, 0.4) is 0 Å². The van der Waals surface area contributed by atoms with Crippen molar-refractivity contribution in [2.45, 2.75) is 13.8 Å². The number of aryl methyl sites for hydroxylation is 1. The van der Waals surface area contributed by atoms with E-state index in [4.69, 9.17) is 10.00 Å². The van der Waals surface area contributed by atoms with Crippen LogP contribution in [0.4, 0.5) is 0 Å². The van der Waals surface area contributed by atoms with E-state index in [1.165, 1.54) is 13.0 Å². The number of H-pyrrole nitrogens is 1. The zero-order valence-corrected chi connectivity index (χ0v) is 10.0. The van der Waals surface area contributed by atoms with Gasteiger partial charge in [-0.2, -0.15) is 5.26 Å². The molecule has 1 aromatic carbocycles. The highest BCUT2D eigenvalue weighted by molar-refractivity contribution is 5.97. The highest BCUT2D eigenvalue weighted by atomic mass is 16.5. The summed E-state index contributed by atoms with van der Waals surface area (Å²) in [5.41, 5.74) is 1.71. The minimum atomic E-state index is -0.123. The van der Waals surface area contributed by atoms with Gasteiger partial charge >= 0.3 is 0 Å². The lowest BCUT2D eigenvalue weighted by atomic mass is 10.1. The van der Waals surface area contributed by atoms with Gasteiger partial charge in [0.05, 0.1) is 17.2 Å². The highest BCUT2D eigenvalue weighted by Crippen LogP contribution is 2.26. The first-order valence-corrected chi connectivity index (χ1v) is 5.35. The molecule has 0 radical (unpaired) electrons. The minimum Gasteiger partial charge on any atom is -0.437 e. The van der Waals surface area contributed by atoms with Gasteiger partial charge in [-0.3, -0.25) is 9.89 Å². The van der Waals surface area contributed by atoms with Crippen molar-refractivity contribution in [2.75, 3.05) is 0 Å². The Morgan fingerprint density at radius 3 is 2.78 bits per heavy atom. The van der Waals surface area contributed by atoms with E-state index in [-0.39, 0.29) is 5.78 Å². The molecule has 2 rings (SSSR count). The van der Waals surface area contributed by atoms with Gasteiger partial charge in [0.1, 0.15) is 5.75 Å². The number of nitrogens with zero attached hydrogens (tertiary/aromatic N) is 2. The number of nitriles is 1. The van der Waals surface area contributed by atoms with Gasteiger partial charge in [0.25, 0.3) is 0 Å². The first-order valence-electron chi connectivity index (χ1n) is 5.35. The molecule has 0 bridgehead atoms. The summed E-state index contributed by atoms with van der Waals surface area (Å²) in [4.78, 5) is 11.5. The lowest BCUT2D eigenvalue weighted by molar-refractivity contribution is 0.101. The third kappa shape index (κ3) is 2.38. The predicted octanol–water partition coefficient (Wildman–Crippen LogP) is 2.58. The van der Waals surface area contributed by atoms with Gasteiger partial charge in [0.2, 0.25) is 5.88 Å². The predicted molar refractivity (Wildman–Crippen MR) is 64.6 cm³/mol. The molecule has 1 aromatic heterocycles. The van der Waals surface area contributed by atoms with Gasteiger partial charge < -0.3 is 4.74 Å². The molecule has 0 saturated heterocycles. The molecule has 1 heterocycles. The molecule has 0 aliphatic carbocycles. The fourth-order valence-corrected chi connectivity index (χ4v) is 1.53. The van der Waals surface area contributed by atoms with Crippen LogP contribution >= 0.6 is 0 Å². The average Bonchev–Trinajstić information content (AvgIpc) is 2.74. The maximum atomic E-state index is 11.5. The summed E-state index contributed by atoms with van der Waals surface area (Å²) in [6.45, 7) is 3.29.